The largest absolute Gasteiger partial charge is 0.480 e. The first-order valence-electron chi connectivity index (χ1n) is 5.18. The number of hydrogen-bond acceptors (Lipinski definition) is 4. The van der Waals surface area contributed by atoms with Gasteiger partial charge in [-0.25, -0.2) is 9.59 Å². The summed E-state index contributed by atoms with van der Waals surface area (Å²) in [6.07, 6.45) is -2.08. The summed E-state index contributed by atoms with van der Waals surface area (Å²) in [6, 6.07) is -1.35. The van der Waals surface area contributed by atoms with E-state index in [2.05, 4.69) is 0 Å². The lowest BCUT2D eigenvalue weighted by Crippen LogP contribution is -2.47. The molecule has 0 aromatic rings. The van der Waals surface area contributed by atoms with Gasteiger partial charge in [0.25, 0.3) is 0 Å². The van der Waals surface area contributed by atoms with E-state index in [9.17, 15) is 14.7 Å². The molecule has 3 unspecified atom stereocenters. The Balaban J connectivity index is 2.82. The van der Waals surface area contributed by atoms with Crippen molar-refractivity contribution in [1.82, 2.24) is 4.90 Å². The average Bonchev–Trinajstić information content (AvgIpc) is 2.40. The number of alkyl halides is 1. The van der Waals surface area contributed by atoms with Crippen LogP contribution >= 0.6 is 11.6 Å². The van der Waals surface area contributed by atoms with Crippen molar-refractivity contribution in [3.63, 3.8) is 0 Å². The molecule has 0 saturated carbocycles. The molecule has 3 atom stereocenters. The number of carbonyl (C=O) groups excluding carboxylic acids is 1. The minimum Gasteiger partial charge on any atom is -0.480 e. The van der Waals surface area contributed by atoms with Crippen LogP contribution in [0.4, 0.5) is 4.79 Å². The molecular formula is C10H16ClNO5. The topological polar surface area (TPSA) is 87.1 Å². The maximum absolute atomic E-state index is 11.7. The van der Waals surface area contributed by atoms with Gasteiger partial charge in [0.2, 0.25) is 0 Å². The highest BCUT2D eigenvalue weighted by Gasteiger charge is 2.47. The summed E-state index contributed by atoms with van der Waals surface area (Å²) in [7, 11) is 0. The third kappa shape index (κ3) is 3.23. The number of aliphatic carboxylic acids is 1. The lowest BCUT2D eigenvalue weighted by atomic mass is 10.2. The van der Waals surface area contributed by atoms with E-state index < -0.39 is 35.2 Å². The zero-order valence-corrected chi connectivity index (χ0v) is 10.6. The molecule has 98 valence electrons. The maximum atomic E-state index is 11.7. The van der Waals surface area contributed by atoms with Gasteiger partial charge >= 0.3 is 12.1 Å². The Morgan fingerprint density at radius 2 is 1.94 bits per heavy atom. The lowest BCUT2D eigenvalue weighted by Gasteiger charge is -2.27. The summed E-state index contributed by atoms with van der Waals surface area (Å²) in [5.41, 5.74) is -0.727. The van der Waals surface area contributed by atoms with Crippen LogP contribution in [0.2, 0.25) is 0 Å². The molecule has 0 bridgehead atoms. The molecule has 1 heterocycles. The molecule has 1 aliphatic heterocycles. The number of carboxylic acids is 1. The number of ether oxygens (including phenoxy) is 1. The number of rotatable bonds is 1. The van der Waals surface area contributed by atoms with E-state index in [-0.39, 0.29) is 6.54 Å². The molecule has 0 radical (unpaired) electrons. The van der Waals surface area contributed by atoms with Crippen LogP contribution in [0.1, 0.15) is 20.8 Å². The molecular weight excluding hydrogens is 250 g/mol. The van der Waals surface area contributed by atoms with E-state index >= 15 is 0 Å². The molecule has 1 fully saturated rings. The molecule has 0 aliphatic carbocycles. The number of hydrogen-bond donors (Lipinski definition) is 2. The van der Waals surface area contributed by atoms with E-state index in [0.29, 0.717) is 0 Å². The quantitative estimate of drug-likeness (QED) is 0.680. The van der Waals surface area contributed by atoms with E-state index in [4.69, 9.17) is 21.4 Å². The molecule has 0 aromatic carbocycles. The van der Waals surface area contributed by atoms with Gasteiger partial charge in [0.1, 0.15) is 11.7 Å². The number of carboxylic acid groups (broad SMARTS) is 1. The molecule has 7 heteroatoms. The van der Waals surface area contributed by atoms with Crippen molar-refractivity contribution in [1.29, 1.82) is 0 Å². The van der Waals surface area contributed by atoms with Crippen LogP contribution in [0.5, 0.6) is 0 Å². The summed E-state index contributed by atoms with van der Waals surface area (Å²) < 4.78 is 5.05. The highest BCUT2D eigenvalue weighted by atomic mass is 35.5. The molecule has 0 spiro atoms. The SMILES string of the molecule is CC(C)(C)OC(=O)N1CC(Cl)C(O)C1C(=O)O. The van der Waals surface area contributed by atoms with Gasteiger partial charge in [-0.3, -0.25) is 4.90 Å². The fourth-order valence-electron chi connectivity index (χ4n) is 1.58. The standard InChI is InChI=1S/C10H16ClNO5/c1-10(2,3)17-9(16)12-4-5(11)7(13)6(12)8(14)15/h5-7,13H,4H2,1-3H3,(H,14,15). The van der Waals surface area contributed by atoms with Gasteiger partial charge in [0.15, 0.2) is 6.04 Å². The minimum atomic E-state index is -1.35. The normalized spacial score (nSPS) is 29.2. The Morgan fingerprint density at radius 3 is 2.35 bits per heavy atom. The molecule has 2 N–H and O–H groups in total. The van der Waals surface area contributed by atoms with Crippen LogP contribution < -0.4 is 0 Å². The van der Waals surface area contributed by atoms with Gasteiger partial charge in [-0.15, -0.1) is 11.6 Å². The van der Waals surface area contributed by atoms with E-state index in [1.54, 1.807) is 20.8 Å². The first kappa shape index (κ1) is 14.1. The van der Waals surface area contributed by atoms with Crippen molar-refractivity contribution in [3.05, 3.63) is 0 Å². The molecule has 6 nitrogen and oxygen atoms in total. The number of halogens is 1. The Kier molecular flexibility index (Phi) is 3.88. The lowest BCUT2D eigenvalue weighted by molar-refractivity contribution is -0.144. The second kappa shape index (κ2) is 4.70. The summed E-state index contributed by atoms with van der Waals surface area (Å²) >= 11 is 5.75. The van der Waals surface area contributed by atoms with Crippen LogP contribution in [-0.2, 0) is 9.53 Å². The van der Waals surface area contributed by atoms with Gasteiger partial charge in [-0.2, -0.15) is 0 Å². The van der Waals surface area contributed by atoms with Crippen molar-refractivity contribution < 1.29 is 24.5 Å². The van der Waals surface area contributed by atoms with Crippen molar-refractivity contribution >= 4 is 23.7 Å². The summed E-state index contributed by atoms with van der Waals surface area (Å²) in [6.45, 7) is 4.97. The van der Waals surface area contributed by atoms with E-state index in [0.717, 1.165) is 4.90 Å². The Hall–Kier alpha value is -1.01. The zero-order chi connectivity index (χ0) is 13.4. The van der Waals surface area contributed by atoms with Crippen molar-refractivity contribution in [2.24, 2.45) is 0 Å². The van der Waals surface area contributed by atoms with Gasteiger partial charge in [-0.1, -0.05) is 0 Å². The van der Waals surface area contributed by atoms with Crippen molar-refractivity contribution in [2.45, 2.75) is 43.9 Å². The van der Waals surface area contributed by atoms with Gasteiger partial charge in [0, 0.05) is 6.54 Å². The van der Waals surface area contributed by atoms with E-state index in [1.807, 2.05) is 0 Å². The van der Waals surface area contributed by atoms with Gasteiger partial charge in [0.05, 0.1) is 5.38 Å². The fourth-order valence-corrected chi connectivity index (χ4v) is 1.87. The Labute approximate surface area is 104 Å². The summed E-state index contributed by atoms with van der Waals surface area (Å²) in [5, 5.41) is 17.7. The van der Waals surface area contributed by atoms with Gasteiger partial charge < -0.3 is 14.9 Å². The molecule has 0 aromatic heterocycles. The zero-order valence-electron chi connectivity index (χ0n) is 9.88. The molecule has 1 amide bonds. The third-order valence-electron chi connectivity index (χ3n) is 2.28. The highest BCUT2D eigenvalue weighted by Crippen LogP contribution is 2.25. The minimum absolute atomic E-state index is 0.0470. The van der Waals surface area contributed by atoms with Crippen molar-refractivity contribution in [2.75, 3.05) is 6.54 Å². The first-order chi connectivity index (χ1) is 7.63. The second-order valence-electron chi connectivity index (χ2n) is 4.92. The van der Waals surface area contributed by atoms with Gasteiger partial charge in [-0.05, 0) is 20.8 Å². The van der Waals surface area contributed by atoms with Crippen LogP contribution in [0.15, 0.2) is 0 Å². The van der Waals surface area contributed by atoms with E-state index in [1.165, 1.54) is 0 Å². The highest BCUT2D eigenvalue weighted by molar-refractivity contribution is 6.22. The first-order valence-corrected chi connectivity index (χ1v) is 5.61. The monoisotopic (exact) mass is 265 g/mol. The summed E-state index contributed by atoms with van der Waals surface area (Å²) in [5.74, 6) is -1.30. The molecule has 1 aliphatic rings. The van der Waals surface area contributed by atoms with Crippen LogP contribution in [-0.4, -0.2) is 56.8 Å². The number of aliphatic hydroxyl groups is 1. The predicted molar refractivity (Wildman–Crippen MR) is 60.0 cm³/mol. The molecule has 1 saturated heterocycles. The smallest absolute Gasteiger partial charge is 0.411 e. The number of aliphatic hydroxyl groups excluding tert-OH is 1. The predicted octanol–water partition coefficient (Wildman–Crippen LogP) is 0.659. The Morgan fingerprint density at radius 1 is 1.41 bits per heavy atom. The maximum Gasteiger partial charge on any atom is 0.411 e. The number of carbonyl (C=O) groups is 2. The number of amides is 1. The third-order valence-corrected chi connectivity index (χ3v) is 2.68. The second-order valence-corrected chi connectivity index (χ2v) is 5.48. The molecule has 1 rings (SSSR count). The Bertz CT molecular complexity index is 327. The number of likely N-dealkylation sites (tertiary alicyclic amines) is 1. The fraction of sp³-hybridized carbons (Fsp3) is 0.800. The number of nitrogens with zero attached hydrogens (tertiary/aromatic N) is 1. The summed E-state index contributed by atoms with van der Waals surface area (Å²) in [4.78, 5) is 23.6. The average molecular weight is 266 g/mol. The van der Waals surface area contributed by atoms with Crippen LogP contribution in [0.25, 0.3) is 0 Å². The van der Waals surface area contributed by atoms with Crippen LogP contribution in [0.3, 0.4) is 0 Å². The van der Waals surface area contributed by atoms with Crippen molar-refractivity contribution in [3.8, 4) is 0 Å². The van der Waals surface area contributed by atoms with Crippen LogP contribution in [0, 0.1) is 0 Å². The molecule has 17 heavy (non-hydrogen) atoms.